The van der Waals surface area contributed by atoms with E-state index in [1.165, 1.54) is 4.31 Å². The van der Waals surface area contributed by atoms with Gasteiger partial charge in [0, 0.05) is 37.1 Å². The molecule has 2 heterocycles. The molecule has 2 fully saturated rings. The first kappa shape index (κ1) is 18.6. The number of benzene rings is 1. The Morgan fingerprint density at radius 2 is 1.80 bits per heavy atom. The highest BCUT2D eigenvalue weighted by Gasteiger charge is 2.34. The van der Waals surface area contributed by atoms with Gasteiger partial charge in [-0.1, -0.05) is 17.7 Å². The predicted octanol–water partition coefficient (Wildman–Crippen LogP) is 1.91. The van der Waals surface area contributed by atoms with E-state index in [0.29, 0.717) is 62.8 Å². The average molecular weight is 387 g/mol. The quantitative estimate of drug-likeness (QED) is 0.795. The number of rotatable bonds is 3. The molecule has 2 aliphatic heterocycles. The van der Waals surface area contributed by atoms with Crippen molar-refractivity contribution in [1.82, 2.24) is 9.21 Å². The Bertz CT molecular complexity index is 739. The van der Waals surface area contributed by atoms with E-state index in [4.69, 9.17) is 16.3 Å². The molecule has 25 heavy (non-hydrogen) atoms. The molecule has 6 nitrogen and oxygen atoms in total. The van der Waals surface area contributed by atoms with Gasteiger partial charge in [-0.2, -0.15) is 4.31 Å². The van der Waals surface area contributed by atoms with Crippen molar-refractivity contribution in [2.24, 2.45) is 5.92 Å². The molecule has 0 aromatic heterocycles. The second-order valence-corrected chi connectivity index (χ2v) is 8.79. The summed E-state index contributed by atoms with van der Waals surface area (Å²) in [5.41, 5.74) is 0.565. The minimum atomic E-state index is -3.59. The fraction of sp³-hybridized carbons (Fsp3) is 0.588. The first-order chi connectivity index (χ1) is 11.9. The molecule has 3 rings (SSSR count). The lowest BCUT2D eigenvalue weighted by Crippen LogP contribution is -2.47. The molecule has 1 aromatic rings. The smallest absolute Gasteiger partial charge is 0.243 e. The summed E-state index contributed by atoms with van der Waals surface area (Å²) in [6, 6.07) is 4.92. The summed E-state index contributed by atoms with van der Waals surface area (Å²) in [6.45, 7) is 4.83. The molecule has 0 bridgehead atoms. The molecule has 0 spiro atoms. The molecule has 1 amide bonds. The number of sulfonamides is 1. The average Bonchev–Trinajstić information content (AvgIpc) is 2.64. The second-order valence-electron chi connectivity index (χ2n) is 6.48. The number of carbonyl (C=O) groups excluding carboxylic acids is 1. The van der Waals surface area contributed by atoms with Gasteiger partial charge in [0.2, 0.25) is 15.9 Å². The fourth-order valence-electron chi connectivity index (χ4n) is 3.39. The summed E-state index contributed by atoms with van der Waals surface area (Å²) < 4.78 is 32.5. The van der Waals surface area contributed by atoms with Gasteiger partial charge in [-0.3, -0.25) is 4.79 Å². The number of halogens is 1. The lowest BCUT2D eigenvalue weighted by molar-refractivity contribution is -0.140. The van der Waals surface area contributed by atoms with Crippen LogP contribution in [0, 0.1) is 12.8 Å². The van der Waals surface area contributed by atoms with Crippen LogP contribution in [0.4, 0.5) is 0 Å². The second kappa shape index (κ2) is 7.61. The first-order valence-corrected chi connectivity index (χ1v) is 10.3. The van der Waals surface area contributed by atoms with Gasteiger partial charge in [0.1, 0.15) is 0 Å². The molecular formula is C17H23ClN2O4S. The van der Waals surface area contributed by atoms with Crippen LogP contribution in [0.1, 0.15) is 18.4 Å². The standard InChI is InChI=1S/C17H23ClN2O4S/c1-13-15(18)3-2-4-16(13)25(22,23)20-7-5-14(6-8-20)17(21)19-9-11-24-12-10-19/h2-4,14H,5-12H2,1H3. The van der Waals surface area contributed by atoms with Gasteiger partial charge in [-0.15, -0.1) is 0 Å². The van der Waals surface area contributed by atoms with Crippen LogP contribution in [0.3, 0.4) is 0 Å². The molecule has 1 aromatic carbocycles. The molecule has 2 aliphatic rings. The summed E-state index contributed by atoms with van der Waals surface area (Å²) >= 11 is 6.07. The lowest BCUT2D eigenvalue weighted by atomic mass is 9.96. The Morgan fingerprint density at radius 1 is 1.16 bits per heavy atom. The Morgan fingerprint density at radius 3 is 2.44 bits per heavy atom. The predicted molar refractivity (Wildman–Crippen MR) is 95.1 cm³/mol. The van der Waals surface area contributed by atoms with E-state index >= 15 is 0 Å². The minimum Gasteiger partial charge on any atom is -0.378 e. The van der Waals surface area contributed by atoms with Crippen LogP contribution >= 0.6 is 11.6 Å². The van der Waals surface area contributed by atoms with Crippen molar-refractivity contribution in [3.63, 3.8) is 0 Å². The highest BCUT2D eigenvalue weighted by Crippen LogP contribution is 2.29. The Labute approximate surface area is 153 Å². The van der Waals surface area contributed by atoms with Gasteiger partial charge in [0.05, 0.1) is 18.1 Å². The van der Waals surface area contributed by atoms with Crippen LogP contribution in [-0.4, -0.2) is 62.9 Å². The summed E-state index contributed by atoms with van der Waals surface area (Å²) in [4.78, 5) is 14.6. The monoisotopic (exact) mass is 386 g/mol. The Kier molecular flexibility index (Phi) is 5.68. The molecule has 138 valence electrons. The number of piperidine rings is 1. The van der Waals surface area contributed by atoms with Crippen molar-refractivity contribution in [3.05, 3.63) is 28.8 Å². The van der Waals surface area contributed by atoms with Crippen molar-refractivity contribution >= 4 is 27.5 Å². The zero-order valence-corrected chi connectivity index (χ0v) is 15.9. The maximum absolute atomic E-state index is 12.9. The zero-order valence-electron chi connectivity index (χ0n) is 14.3. The summed E-state index contributed by atoms with van der Waals surface area (Å²) in [5, 5.41) is 0.443. The molecule has 0 N–H and O–H groups in total. The van der Waals surface area contributed by atoms with Gasteiger partial charge in [-0.25, -0.2) is 8.42 Å². The largest absolute Gasteiger partial charge is 0.378 e. The third-order valence-electron chi connectivity index (χ3n) is 4.96. The van der Waals surface area contributed by atoms with Crippen LogP contribution in [0.5, 0.6) is 0 Å². The van der Waals surface area contributed by atoms with Crippen LogP contribution in [-0.2, 0) is 19.6 Å². The third-order valence-corrected chi connectivity index (χ3v) is 7.41. The number of morpholine rings is 1. The number of hydrogen-bond donors (Lipinski definition) is 0. The molecule has 0 saturated carbocycles. The molecule has 8 heteroatoms. The summed E-state index contributed by atoms with van der Waals surface area (Å²) in [6.07, 6.45) is 1.10. The lowest BCUT2D eigenvalue weighted by Gasteiger charge is -2.35. The van der Waals surface area contributed by atoms with Crippen molar-refractivity contribution in [1.29, 1.82) is 0 Å². The topological polar surface area (TPSA) is 66.9 Å². The van der Waals surface area contributed by atoms with Crippen LogP contribution in [0.25, 0.3) is 0 Å². The molecule has 2 saturated heterocycles. The van der Waals surface area contributed by atoms with E-state index in [1.807, 2.05) is 4.90 Å². The molecular weight excluding hydrogens is 364 g/mol. The van der Waals surface area contributed by atoms with E-state index < -0.39 is 10.0 Å². The van der Waals surface area contributed by atoms with E-state index in [9.17, 15) is 13.2 Å². The molecule has 0 unspecified atom stereocenters. The van der Waals surface area contributed by atoms with Crippen LogP contribution in [0.15, 0.2) is 23.1 Å². The number of ether oxygens (including phenoxy) is 1. The molecule has 0 radical (unpaired) electrons. The van der Waals surface area contributed by atoms with Crippen LogP contribution < -0.4 is 0 Å². The van der Waals surface area contributed by atoms with Crippen molar-refractivity contribution in [2.75, 3.05) is 39.4 Å². The highest BCUT2D eigenvalue weighted by atomic mass is 35.5. The Balaban J connectivity index is 1.67. The minimum absolute atomic E-state index is 0.106. The normalized spacial score (nSPS) is 20.6. The van der Waals surface area contributed by atoms with Crippen molar-refractivity contribution in [2.45, 2.75) is 24.7 Å². The highest BCUT2D eigenvalue weighted by molar-refractivity contribution is 7.89. The van der Waals surface area contributed by atoms with Crippen molar-refractivity contribution < 1.29 is 17.9 Å². The number of carbonyl (C=O) groups is 1. The summed E-state index contributed by atoms with van der Waals surface area (Å²) in [5.74, 6) is 0.0179. The third kappa shape index (κ3) is 3.84. The maximum atomic E-state index is 12.9. The van der Waals surface area contributed by atoms with Gasteiger partial charge >= 0.3 is 0 Å². The van der Waals surface area contributed by atoms with Crippen LogP contribution in [0.2, 0.25) is 5.02 Å². The molecule has 0 aliphatic carbocycles. The van der Waals surface area contributed by atoms with E-state index in [-0.39, 0.29) is 16.7 Å². The zero-order chi connectivity index (χ0) is 18.0. The van der Waals surface area contributed by atoms with Gasteiger partial charge in [0.15, 0.2) is 0 Å². The van der Waals surface area contributed by atoms with Gasteiger partial charge in [0.25, 0.3) is 0 Å². The van der Waals surface area contributed by atoms with Crippen molar-refractivity contribution in [3.8, 4) is 0 Å². The fourth-order valence-corrected chi connectivity index (χ4v) is 5.34. The van der Waals surface area contributed by atoms with E-state index in [0.717, 1.165) is 0 Å². The number of hydrogen-bond acceptors (Lipinski definition) is 4. The number of nitrogens with zero attached hydrogens (tertiary/aromatic N) is 2. The number of amides is 1. The SMILES string of the molecule is Cc1c(Cl)cccc1S(=O)(=O)N1CCC(C(=O)N2CCOCC2)CC1. The summed E-state index contributed by atoms with van der Waals surface area (Å²) in [7, 11) is -3.59. The van der Waals surface area contributed by atoms with E-state index in [1.54, 1.807) is 25.1 Å². The Hall–Kier alpha value is -1.15. The first-order valence-electron chi connectivity index (χ1n) is 8.53. The van der Waals surface area contributed by atoms with Gasteiger partial charge < -0.3 is 9.64 Å². The maximum Gasteiger partial charge on any atom is 0.243 e. The van der Waals surface area contributed by atoms with E-state index in [2.05, 4.69) is 0 Å². The molecule has 0 atom stereocenters. The van der Waals surface area contributed by atoms with Gasteiger partial charge in [-0.05, 0) is 37.5 Å².